The van der Waals surface area contributed by atoms with Crippen LogP contribution in [0.15, 0.2) is 46.2 Å². The van der Waals surface area contributed by atoms with Crippen LogP contribution in [0.3, 0.4) is 0 Å². The van der Waals surface area contributed by atoms with Crippen LogP contribution in [0.5, 0.6) is 11.5 Å². The van der Waals surface area contributed by atoms with Gasteiger partial charge in [0.25, 0.3) is 0 Å². The van der Waals surface area contributed by atoms with E-state index in [1.807, 2.05) is 30.5 Å². The van der Waals surface area contributed by atoms with Crippen molar-refractivity contribution >= 4 is 27.5 Å². The number of primary sulfonamides is 1. The lowest BCUT2D eigenvalue weighted by atomic mass is 10.2. The van der Waals surface area contributed by atoms with Gasteiger partial charge in [0.15, 0.2) is 0 Å². The van der Waals surface area contributed by atoms with Gasteiger partial charge in [-0.2, -0.15) is 0 Å². The Bertz CT molecular complexity index is 774. The van der Waals surface area contributed by atoms with Crippen molar-refractivity contribution in [3.63, 3.8) is 0 Å². The van der Waals surface area contributed by atoms with Gasteiger partial charge in [-0.25, -0.2) is 13.6 Å². The van der Waals surface area contributed by atoms with Gasteiger partial charge in [-0.3, -0.25) is 0 Å². The number of thioether (sulfide) groups is 1. The lowest BCUT2D eigenvalue weighted by Crippen LogP contribution is -2.14. The molecule has 112 valence electrons. The molecule has 0 aliphatic rings. The molecule has 0 saturated heterocycles. The highest BCUT2D eigenvalue weighted by Gasteiger charge is 2.17. The zero-order chi connectivity index (χ0) is 15.6. The maximum absolute atomic E-state index is 11.6. The molecular weight excluding hydrogens is 308 g/mol. The van der Waals surface area contributed by atoms with Crippen LogP contribution >= 0.6 is 11.8 Å². The van der Waals surface area contributed by atoms with Gasteiger partial charge in [0, 0.05) is 22.2 Å². The van der Waals surface area contributed by atoms with E-state index in [2.05, 4.69) is 0 Å². The largest absolute Gasteiger partial charge is 0.456 e. The van der Waals surface area contributed by atoms with E-state index in [1.165, 1.54) is 17.8 Å². The molecule has 0 fully saturated rings. The Balaban J connectivity index is 2.53. The van der Waals surface area contributed by atoms with Crippen LogP contribution in [0, 0.1) is 6.92 Å². The zero-order valence-corrected chi connectivity index (χ0v) is 13.3. The van der Waals surface area contributed by atoms with Crippen LogP contribution < -0.4 is 15.6 Å². The summed E-state index contributed by atoms with van der Waals surface area (Å²) in [5, 5.41) is 5.20. The summed E-state index contributed by atoms with van der Waals surface area (Å²) in [6.07, 6.45) is 1.93. The summed E-state index contributed by atoms with van der Waals surface area (Å²) < 4.78 is 29.0. The predicted molar refractivity (Wildman–Crippen MR) is 85.3 cm³/mol. The molecule has 0 aliphatic carbocycles. The summed E-state index contributed by atoms with van der Waals surface area (Å²) >= 11 is 1.54. The maximum atomic E-state index is 11.6. The second-order valence-electron chi connectivity index (χ2n) is 4.44. The molecule has 4 N–H and O–H groups in total. The van der Waals surface area contributed by atoms with Crippen molar-refractivity contribution in [1.82, 2.24) is 0 Å². The summed E-state index contributed by atoms with van der Waals surface area (Å²) in [5.41, 5.74) is 6.46. The minimum Gasteiger partial charge on any atom is -0.456 e. The molecule has 0 atom stereocenters. The smallest absolute Gasteiger partial charge is 0.238 e. The molecule has 2 aromatic carbocycles. The number of hydrogen-bond donors (Lipinski definition) is 2. The number of para-hydroxylation sites is 1. The lowest BCUT2D eigenvalue weighted by molar-refractivity contribution is 0.465. The topological polar surface area (TPSA) is 95.4 Å². The quantitative estimate of drug-likeness (QED) is 0.666. The third-order valence-electron chi connectivity index (χ3n) is 2.93. The molecule has 0 heterocycles. The fourth-order valence-corrected chi connectivity index (χ4v) is 3.26. The molecular formula is C14H16N2O3S2. The van der Waals surface area contributed by atoms with E-state index < -0.39 is 10.0 Å². The highest BCUT2D eigenvalue weighted by atomic mass is 32.2. The van der Waals surface area contributed by atoms with E-state index in [0.717, 1.165) is 4.90 Å². The molecule has 7 heteroatoms. The first-order chi connectivity index (χ1) is 9.82. The fraction of sp³-hybridized carbons (Fsp3) is 0.143. The highest BCUT2D eigenvalue weighted by Crippen LogP contribution is 2.35. The third kappa shape index (κ3) is 3.49. The molecule has 0 bridgehead atoms. The van der Waals surface area contributed by atoms with Gasteiger partial charge in [0.05, 0.1) is 4.90 Å². The molecule has 0 aliphatic heterocycles. The van der Waals surface area contributed by atoms with Crippen LogP contribution in [-0.4, -0.2) is 14.7 Å². The van der Waals surface area contributed by atoms with Crippen LogP contribution in [-0.2, 0) is 10.0 Å². The average molecular weight is 324 g/mol. The minimum absolute atomic E-state index is 0.0286. The van der Waals surface area contributed by atoms with E-state index >= 15 is 0 Å². The van der Waals surface area contributed by atoms with Crippen molar-refractivity contribution in [2.24, 2.45) is 5.14 Å². The molecule has 2 rings (SSSR count). The van der Waals surface area contributed by atoms with Gasteiger partial charge >= 0.3 is 0 Å². The lowest BCUT2D eigenvalue weighted by Gasteiger charge is -2.14. The summed E-state index contributed by atoms with van der Waals surface area (Å²) in [7, 11) is -3.85. The van der Waals surface area contributed by atoms with Gasteiger partial charge in [-0.05, 0) is 31.4 Å². The van der Waals surface area contributed by atoms with E-state index in [-0.39, 0.29) is 10.6 Å². The van der Waals surface area contributed by atoms with E-state index in [0.29, 0.717) is 17.1 Å². The van der Waals surface area contributed by atoms with Crippen molar-refractivity contribution in [1.29, 1.82) is 0 Å². The van der Waals surface area contributed by atoms with Gasteiger partial charge in [0.2, 0.25) is 10.0 Å². The number of nitrogen functional groups attached to an aromatic ring is 1. The Morgan fingerprint density at radius 1 is 1.14 bits per heavy atom. The summed E-state index contributed by atoms with van der Waals surface area (Å²) in [6, 6.07) is 10.4. The van der Waals surface area contributed by atoms with E-state index in [1.54, 1.807) is 13.0 Å². The summed E-state index contributed by atoms with van der Waals surface area (Å²) in [6.45, 7) is 1.64. The molecule has 0 saturated carbocycles. The van der Waals surface area contributed by atoms with Crippen LogP contribution in [0.2, 0.25) is 0 Å². The number of nitrogens with two attached hydrogens (primary N) is 2. The van der Waals surface area contributed by atoms with E-state index in [4.69, 9.17) is 15.6 Å². The van der Waals surface area contributed by atoms with Gasteiger partial charge < -0.3 is 10.5 Å². The monoisotopic (exact) mass is 324 g/mol. The predicted octanol–water partition coefficient (Wildman–Crippen LogP) is 2.74. The van der Waals surface area contributed by atoms with Crippen molar-refractivity contribution in [3.8, 4) is 11.5 Å². The number of rotatable bonds is 4. The molecule has 5 nitrogen and oxygen atoms in total. The van der Waals surface area contributed by atoms with Gasteiger partial charge in [0.1, 0.15) is 11.5 Å². The number of sulfonamides is 1. The summed E-state index contributed by atoms with van der Waals surface area (Å²) in [4.78, 5) is 0.913. The molecule has 0 aromatic heterocycles. The average Bonchev–Trinajstić information content (AvgIpc) is 2.42. The first kappa shape index (κ1) is 15.7. The molecule has 0 amide bonds. The Morgan fingerprint density at radius 2 is 1.81 bits per heavy atom. The zero-order valence-electron chi connectivity index (χ0n) is 11.7. The van der Waals surface area contributed by atoms with Crippen molar-refractivity contribution in [3.05, 3.63) is 42.0 Å². The molecule has 0 unspecified atom stereocenters. The SMILES string of the molecule is CSc1ccccc1Oc1cc(N)cc(S(N)(=O)=O)c1C. The number of ether oxygens (including phenoxy) is 1. The number of anilines is 1. The van der Waals surface area contributed by atoms with Crippen molar-refractivity contribution < 1.29 is 13.2 Å². The molecule has 0 radical (unpaired) electrons. The van der Waals surface area contributed by atoms with Gasteiger partial charge in [-0.1, -0.05) is 12.1 Å². The summed E-state index contributed by atoms with van der Waals surface area (Å²) in [5.74, 6) is 1.01. The Hall–Kier alpha value is -1.70. The van der Waals surface area contributed by atoms with Crippen LogP contribution in [0.25, 0.3) is 0 Å². The van der Waals surface area contributed by atoms with Gasteiger partial charge in [-0.15, -0.1) is 11.8 Å². The Kier molecular flexibility index (Phi) is 4.46. The van der Waals surface area contributed by atoms with Crippen molar-refractivity contribution in [2.75, 3.05) is 12.0 Å². The molecule has 0 spiro atoms. The molecule has 21 heavy (non-hydrogen) atoms. The Labute approximate surface area is 128 Å². The third-order valence-corrected chi connectivity index (χ3v) is 4.74. The first-order valence-corrected chi connectivity index (χ1v) is 8.84. The number of benzene rings is 2. The van der Waals surface area contributed by atoms with Crippen LogP contribution in [0.4, 0.5) is 5.69 Å². The maximum Gasteiger partial charge on any atom is 0.238 e. The fourth-order valence-electron chi connectivity index (χ4n) is 1.91. The second-order valence-corrected chi connectivity index (χ2v) is 6.82. The standard InChI is InChI=1S/C14H16N2O3S2/c1-9-12(7-10(15)8-14(9)21(16,17)18)19-11-5-3-4-6-13(11)20-2/h3-8H,15H2,1-2H3,(H2,16,17,18). The highest BCUT2D eigenvalue weighted by molar-refractivity contribution is 7.98. The van der Waals surface area contributed by atoms with Crippen LogP contribution in [0.1, 0.15) is 5.56 Å². The normalized spacial score (nSPS) is 11.4. The van der Waals surface area contributed by atoms with Crippen molar-refractivity contribution in [2.45, 2.75) is 16.7 Å². The molecule has 2 aromatic rings. The first-order valence-electron chi connectivity index (χ1n) is 6.06. The Morgan fingerprint density at radius 3 is 2.43 bits per heavy atom. The number of hydrogen-bond acceptors (Lipinski definition) is 5. The second kappa shape index (κ2) is 5.97. The minimum atomic E-state index is -3.85. The van der Waals surface area contributed by atoms with E-state index in [9.17, 15) is 8.42 Å².